The highest BCUT2D eigenvalue weighted by Crippen LogP contribution is 2.48. The quantitative estimate of drug-likeness (QED) is 0.0858. The van der Waals surface area contributed by atoms with Gasteiger partial charge in [-0.05, 0) is 20.4 Å². The molecule has 0 nitrogen and oxygen atoms in total. The van der Waals surface area contributed by atoms with Crippen molar-refractivity contribution >= 4 is 37.2 Å². The molecule has 0 saturated heterocycles. The van der Waals surface area contributed by atoms with Gasteiger partial charge in [0.25, 0.3) is 0 Å². The zero-order chi connectivity index (χ0) is 34.8. The molecule has 0 radical (unpaired) electrons. The third-order valence-electron chi connectivity index (χ3n) is 10.2. The van der Waals surface area contributed by atoms with Gasteiger partial charge in [-0.15, -0.1) is 0 Å². The second kappa shape index (κ2) is 15.9. The first-order valence-electron chi connectivity index (χ1n) is 17.7. The number of benzene rings is 8. The molecule has 1 atom stereocenters. The zero-order valence-corrected chi connectivity index (χ0v) is 30.2. The maximum atomic E-state index is 2.27. The molecule has 2 heteroatoms. The van der Waals surface area contributed by atoms with E-state index in [0.717, 1.165) is 0 Å². The smallest absolute Gasteiger partial charge is 0.148 e. The molecule has 0 bridgehead atoms. The van der Waals surface area contributed by atoms with Gasteiger partial charge in [0.15, 0.2) is 0 Å². The van der Waals surface area contributed by atoms with Gasteiger partial charge in [0.2, 0.25) is 0 Å². The van der Waals surface area contributed by atoms with Gasteiger partial charge in [0, 0.05) is 16.7 Å². The van der Waals surface area contributed by atoms with Gasteiger partial charge in [-0.3, -0.25) is 0 Å². The molecule has 0 amide bonds. The summed E-state index contributed by atoms with van der Waals surface area (Å²) < 4.78 is 0. The molecule has 0 fully saturated rings. The Labute approximate surface area is 305 Å². The van der Waals surface area contributed by atoms with Gasteiger partial charge in [0.1, 0.15) is 11.3 Å². The minimum absolute atomic E-state index is 0.199. The van der Waals surface area contributed by atoms with Crippen LogP contribution in [0.1, 0.15) is 16.7 Å². The van der Waals surface area contributed by atoms with E-state index < -0.39 is 6.15 Å². The van der Waals surface area contributed by atoms with Gasteiger partial charge < -0.3 is 0 Å². The lowest BCUT2D eigenvalue weighted by molar-refractivity contribution is 0.899. The fourth-order valence-corrected chi connectivity index (χ4v) is 8.55. The lowest BCUT2D eigenvalue weighted by Gasteiger charge is -2.44. The van der Waals surface area contributed by atoms with E-state index in [1.807, 2.05) is 0 Å². The van der Waals surface area contributed by atoms with Crippen molar-refractivity contribution in [2.45, 2.75) is 5.16 Å². The molecule has 0 spiro atoms. The van der Waals surface area contributed by atoms with E-state index >= 15 is 0 Å². The van der Waals surface area contributed by atoms with Crippen molar-refractivity contribution in [3.05, 3.63) is 253 Å². The third-order valence-corrected chi connectivity index (χ3v) is 11.4. The van der Waals surface area contributed by atoms with Gasteiger partial charge in [-0.25, -0.2) is 0 Å². The van der Waals surface area contributed by atoms with Crippen LogP contribution in [0.25, 0.3) is 11.1 Å². The van der Waals surface area contributed by atoms with E-state index in [0.29, 0.717) is 0 Å². The SMILES string of the molecule is [PH3+]C(c1ccccc1)(c1ccccc1)c1ccccc1-c1ccccc1.c1ccc([B-](c2ccccc2)(c2ccccc2)c2ccccc2)cc1. The average Bonchev–Trinajstić information content (AvgIpc) is 3.24. The highest BCUT2D eigenvalue weighted by atomic mass is 31.0. The Bertz CT molecular complexity index is 2020. The second-order valence-corrected chi connectivity index (χ2v) is 14.1. The first kappa shape index (κ1) is 33.7. The fraction of sp³-hybridized carbons (Fsp3) is 0.0204. The molecule has 0 aliphatic carbocycles. The summed E-state index contributed by atoms with van der Waals surface area (Å²) in [6.45, 7) is 0. The van der Waals surface area contributed by atoms with Gasteiger partial charge in [0.05, 0.1) is 0 Å². The van der Waals surface area contributed by atoms with E-state index in [2.05, 4.69) is 246 Å². The normalized spacial score (nSPS) is 11.3. The summed E-state index contributed by atoms with van der Waals surface area (Å²) >= 11 is 0. The van der Waals surface area contributed by atoms with Crippen LogP contribution in [0.3, 0.4) is 0 Å². The van der Waals surface area contributed by atoms with Crippen LogP contribution >= 0.6 is 9.24 Å². The van der Waals surface area contributed by atoms with Crippen LogP contribution in [0.2, 0.25) is 0 Å². The Kier molecular flexibility index (Phi) is 10.5. The zero-order valence-electron chi connectivity index (χ0n) is 28.8. The van der Waals surface area contributed by atoms with Gasteiger partial charge in [-0.1, -0.05) is 237 Å². The number of hydrogen-bond donors (Lipinski definition) is 0. The van der Waals surface area contributed by atoms with Crippen LogP contribution in [-0.2, 0) is 5.16 Å². The first-order valence-corrected chi connectivity index (χ1v) is 18.4. The fourth-order valence-electron chi connectivity index (χ4n) is 7.77. The summed E-state index contributed by atoms with van der Waals surface area (Å²) in [5, 5.41) is -0.199. The third kappa shape index (κ3) is 6.87. The summed E-state index contributed by atoms with van der Waals surface area (Å²) in [6, 6.07) is 84.6. The topological polar surface area (TPSA) is 0 Å². The Hall–Kier alpha value is -5.75. The summed E-state index contributed by atoms with van der Waals surface area (Å²) in [4.78, 5) is 0. The van der Waals surface area contributed by atoms with Crippen LogP contribution in [0.4, 0.5) is 0 Å². The Balaban J connectivity index is 0.000000159. The summed E-state index contributed by atoms with van der Waals surface area (Å²) in [6.07, 6.45) is -1.22. The molecular weight excluding hydrogens is 630 g/mol. The van der Waals surface area contributed by atoms with E-state index in [1.54, 1.807) is 0 Å². The van der Waals surface area contributed by atoms with Crippen molar-refractivity contribution in [1.29, 1.82) is 0 Å². The molecule has 0 aliphatic heterocycles. The predicted octanol–water partition coefficient (Wildman–Crippen LogP) is 9.32. The van der Waals surface area contributed by atoms with E-state index in [1.165, 1.54) is 49.7 Å². The maximum Gasteiger partial charge on any atom is 0.148 e. The molecule has 246 valence electrons. The molecule has 0 heterocycles. The lowest BCUT2D eigenvalue weighted by Crippen LogP contribution is -2.74. The predicted molar refractivity (Wildman–Crippen MR) is 226 cm³/mol. The summed E-state index contributed by atoms with van der Waals surface area (Å²) in [5.74, 6) is 0. The highest BCUT2D eigenvalue weighted by Gasteiger charge is 2.38. The minimum Gasteiger partial charge on any atom is -0.195 e. The monoisotopic (exact) mass is 672 g/mol. The van der Waals surface area contributed by atoms with Crippen LogP contribution in [0.15, 0.2) is 237 Å². The molecule has 8 rings (SSSR count). The average molecular weight is 673 g/mol. The van der Waals surface area contributed by atoms with Crippen molar-refractivity contribution in [1.82, 2.24) is 0 Å². The molecule has 51 heavy (non-hydrogen) atoms. The Morgan fingerprint density at radius 2 is 0.569 bits per heavy atom. The molecule has 8 aromatic carbocycles. The highest BCUT2D eigenvalue weighted by molar-refractivity contribution is 7.20. The second-order valence-electron chi connectivity index (χ2n) is 13.1. The molecule has 1 unspecified atom stereocenters. The lowest BCUT2D eigenvalue weighted by atomic mass is 9.13. The number of rotatable bonds is 8. The van der Waals surface area contributed by atoms with E-state index in [9.17, 15) is 0 Å². The largest absolute Gasteiger partial charge is 0.195 e. The molecular formula is C49H42BP. The van der Waals surface area contributed by atoms with Crippen molar-refractivity contribution in [2.75, 3.05) is 0 Å². The van der Waals surface area contributed by atoms with Gasteiger partial charge >= 0.3 is 0 Å². The molecule has 0 N–H and O–H groups in total. The maximum absolute atomic E-state index is 2.27. The standard InChI is InChI=1S/C25H21P.C24H20B/c26-25(21-14-6-2-7-15-21,22-16-8-3-9-17-22)24-19-11-10-18-23(24)20-12-4-1-5-13-20;1-5-13-21(14-6-1)25(22-15-7-2-8-16-22,23-17-9-3-10-18-23)24-19-11-4-12-20-24/h1-19H,26H2;1-20H/q;-1/p+1. The van der Waals surface area contributed by atoms with Crippen molar-refractivity contribution < 1.29 is 0 Å². The van der Waals surface area contributed by atoms with Crippen molar-refractivity contribution in [2.24, 2.45) is 0 Å². The van der Waals surface area contributed by atoms with E-state index in [-0.39, 0.29) is 5.16 Å². The summed E-state index contributed by atoms with van der Waals surface area (Å²) in [5.41, 5.74) is 11.9. The van der Waals surface area contributed by atoms with Crippen molar-refractivity contribution in [3.8, 4) is 11.1 Å². The molecule has 0 aromatic heterocycles. The Morgan fingerprint density at radius 3 is 0.922 bits per heavy atom. The van der Waals surface area contributed by atoms with E-state index in [4.69, 9.17) is 0 Å². The summed E-state index contributed by atoms with van der Waals surface area (Å²) in [7, 11) is 2.06. The van der Waals surface area contributed by atoms with Crippen LogP contribution < -0.4 is 21.9 Å². The van der Waals surface area contributed by atoms with Crippen LogP contribution in [0.5, 0.6) is 0 Å². The van der Waals surface area contributed by atoms with Crippen LogP contribution in [-0.4, -0.2) is 6.15 Å². The van der Waals surface area contributed by atoms with Gasteiger partial charge in [-0.2, -0.15) is 21.9 Å². The van der Waals surface area contributed by atoms with Crippen LogP contribution in [0, 0.1) is 0 Å². The first-order chi connectivity index (χ1) is 25.2. The molecule has 0 aliphatic rings. The molecule has 8 aromatic rings. The number of hydrogen-bond acceptors (Lipinski definition) is 0. The molecule has 0 saturated carbocycles. The van der Waals surface area contributed by atoms with Crippen molar-refractivity contribution in [3.63, 3.8) is 0 Å². The minimum atomic E-state index is -1.22. The Morgan fingerprint density at radius 1 is 0.294 bits per heavy atom.